The quantitative estimate of drug-likeness (QED) is 0.336. The van der Waals surface area contributed by atoms with Gasteiger partial charge in [-0.3, -0.25) is 14.2 Å². The van der Waals surface area contributed by atoms with Gasteiger partial charge in [0.1, 0.15) is 23.2 Å². The second kappa shape index (κ2) is 10.4. The van der Waals surface area contributed by atoms with Crippen molar-refractivity contribution in [3.63, 3.8) is 0 Å². The van der Waals surface area contributed by atoms with Crippen LogP contribution in [0.25, 0.3) is 33.3 Å². The molecular weight excluding hydrogens is 541 g/mol. The fourth-order valence-electron chi connectivity index (χ4n) is 5.19. The van der Waals surface area contributed by atoms with Gasteiger partial charge in [0, 0.05) is 42.8 Å². The predicted molar refractivity (Wildman–Crippen MR) is 141 cm³/mol. The minimum Gasteiger partial charge on any atom is -0.496 e. The average molecular weight is 567 g/mol. The van der Waals surface area contributed by atoms with Crippen LogP contribution in [0.4, 0.5) is 13.2 Å². The normalized spacial score (nSPS) is 19.9. The Morgan fingerprint density at radius 3 is 2.66 bits per heavy atom. The van der Waals surface area contributed by atoms with Crippen molar-refractivity contribution in [2.45, 2.75) is 37.7 Å². The van der Waals surface area contributed by atoms with E-state index in [2.05, 4.69) is 21.6 Å². The largest absolute Gasteiger partial charge is 0.496 e. The number of hydrogen-bond donors (Lipinski definition) is 1. The van der Waals surface area contributed by atoms with Gasteiger partial charge < -0.3 is 19.5 Å². The molecule has 10 nitrogen and oxygen atoms in total. The fourth-order valence-corrected chi connectivity index (χ4v) is 5.19. The molecule has 0 spiro atoms. The molecule has 1 N–H and O–H groups in total. The van der Waals surface area contributed by atoms with Crippen LogP contribution in [0, 0.1) is 11.3 Å². The third-order valence-corrected chi connectivity index (χ3v) is 7.30. The molecule has 1 saturated carbocycles. The zero-order valence-corrected chi connectivity index (χ0v) is 22.1. The standard InChI is InChI=1S/C28H25F3N6O4/c1-36-26(15-7-22(39-2)25(23(8-15)41-28(30)31)27(38)34-20-9-19(20)29)24-16(10-32)5-14(6-21(24)35-36)17-11-33-37(12-17)18-3-4-40-13-18/h5-8,11-12,18-20,28H,3-4,9,13H2,1-2H3,(H,34,38)/t18?,19-,20+/m0/s1. The number of rotatable bonds is 8. The van der Waals surface area contributed by atoms with E-state index in [1.807, 2.05) is 16.9 Å². The monoisotopic (exact) mass is 566 g/mol. The highest BCUT2D eigenvalue weighted by Gasteiger charge is 2.40. The minimum absolute atomic E-state index is 0.0560. The molecule has 0 bridgehead atoms. The summed E-state index contributed by atoms with van der Waals surface area (Å²) in [5.74, 6) is -1.30. The van der Waals surface area contributed by atoms with Crippen molar-refractivity contribution in [1.29, 1.82) is 5.26 Å². The van der Waals surface area contributed by atoms with E-state index in [9.17, 15) is 23.2 Å². The molecule has 1 amide bonds. The van der Waals surface area contributed by atoms with E-state index >= 15 is 0 Å². The first-order chi connectivity index (χ1) is 19.8. The van der Waals surface area contributed by atoms with Crippen molar-refractivity contribution < 1.29 is 32.2 Å². The van der Waals surface area contributed by atoms with Crippen LogP contribution < -0.4 is 14.8 Å². The number of carbonyl (C=O) groups excluding carboxylic acids is 1. The summed E-state index contributed by atoms with van der Waals surface area (Å²) in [7, 11) is 2.94. The Balaban J connectivity index is 1.45. The van der Waals surface area contributed by atoms with Gasteiger partial charge in [0.25, 0.3) is 5.91 Å². The van der Waals surface area contributed by atoms with E-state index in [1.54, 1.807) is 19.3 Å². The average Bonchev–Trinajstić information content (AvgIpc) is 3.40. The minimum atomic E-state index is -3.24. The summed E-state index contributed by atoms with van der Waals surface area (Å²) >= 11 is 0. The van der Waals surface area contributed by atoms with Crippen LogP contribution in [0.2, 0.25) is 0 Å². The Kier molecular flexibility index (Phi) is 6.78. The Morgan fingerprint density at radius 2 is 2.00 bits per heavy atom. The van der Waals surface area contributed by atoms with Gasteiger partial charge in [0.05, 0.1) is 54.8 Å². The second-order valence-corrected chi connectivity index (χ2v) is 9.99. The lowest BCUT2D eigenvalue weighted by Crippen LogP contribution is -2.28. The van der Waals surface area contributed by atoms with Crippen LogP contribution in [0.5, 0.6) is 11.5 Å². The molecule has 6 rings (SSSR count). The van der Waals surface area contributed by atoms with Crippen LogP contribution in [0.15, 0.2) is 36.7 Å². The van der Waals surface area contributed by atoms with Gasteiger partial charge in [-0.05, 0) is 36.2 Å². The maximum atomic E-state index is 13.4. The molecule has 13 heteroatoms. The Bertz CT molecular complexity index is 1690. The van der Waals surface area contributed by atoms with Gasteiger partial charge in [0.2, 0.25) is 0 Å². The van der Waals surface area contributed by atoms with Crippen LogP contribution in [-0.4, -0.2) is 64.6 Å². The second-order valence-electron chi connectivity index (χ2n) is 9.99. The lowest BCUT2D eigenvalue weighted by Gasteiger charge is -2.17. The smallest absolute Gasteiger partial charge is 0.387 e. The fraction of sp³-hybridized carbons (Fsp3) is 0.357. The molecule has 0 radical (unpaired) electrons. The number of amides is 1. The van der Waals surface area contributed by atoms with E-state index in [1.165, 1.54) is 23.9 Å². The molecule has 4 aromatic rings. The molecule has 2 fully saturated rings. The van der Waals surface area contributed by atoms with Gasteiger partial charge in [-0.25, -0.2) is 4.39 Å². The summed E-state index contributed by atoms with van der Waals surface area (Å²) in [6.07, 6.45) is 3.45. The first kappa shape index (κ1) is 26.6. The van der Waals surface area contributed by atoms with E-state index in [0.717, 1.165) is 17.5 Å². The van der Waals surface area contributed by atoms with Crippen molar-refractivity contribution in [2.24, 2.45) is 7.05 Å². The van der Waals surface area contributed by atoms with Crippen molar-refractivity contribution in [3.8, 4) is 40.0 Å². The number of benzene rings is 2. The molecule has 3 heterocycles. The summed E-state index contributed by atoms with van der Waals surface area (Å²) < 4.78 is 59.3. The molecule has 1 unspecified atom stereocenters. The highest BCUT2D eigenvalue weighted by molar-refractivity contribution is 6.03. The van der Waals surface area contributed by atoms with Crippen molar-refractivity contribution >= 4 is 16.8 Å². The number of aryl methyl sites for hydroxylation is 1. The lowest BCUT2D eigenvalue weighted by atomic mass is 9.97. The lowest BCUT2D eigenvalue weighted by molar-refractivity contribution is -0.0502. The summed E-state index contributed by atoms with van der Waals surface area (Å²) in [5.41, 5.74) is 2.81. The highest BCUT2D eigenvalue weighted by atomic mass is 19.3. The molecule has 1 aliphatic heterocycles. The number of methoxy groups -OCH3 is 1. The van der Waals surface area contributed by atoms with E-state index in [0.29, 0.717) is 40.9 Å². The zero-order valence-electron chi connectivity index (χ0n) is 22.1. The molecule has 1 saturated heterocycles. The van der Waals surface area contributed by atoms with E-state index in [-0.39, 0.29) is 23.8 Å². The third kappa shape index (κ3) is 4.95. The van der Waals surface area contributed by atoms with E-state index in [4.69, 9.17) is 14.2 Å². The zero-order chi connectivity index (χ0) is 28.8. The third-order valence-electron chi connectivity index (χ3n) is 7.30. The first-order valence-electron chi connectivity index (χ1n) is 12.9. The Labute approximate surface area is 232 Å². The van der Waals surface area contributed by atoms with Gasteiger partial charge in [-0.1, -0.05) is 0 Å². The molecule has 3 atom stereocenters. The topological polar surface area (TPSA) is 116 Å². The predicted octanol–water partition coefficient (Wildman–Crippen LogP) is 4.39. The van der Waals surface area contributed by atoms with E-state index < -0.39 is 30.5 Å². The van der Waals surface area contributed by atoms with Crippen molar-refractivity contribution in [1.82, 2.24) is 24.9 Å². The van der Waals surface area contributed by atoms with Crippen LogP contribution in [-0.2, 0) is 11.8 Å². The number of hydrogen-bond acceptors (Lipinski definition) is 7. The summed E-state index contributed by atoms with van der Waals surface area (Å²) in [6, 6.07) is 7.96. The molecule has 2 aromatic heterocycles. The number of halogens is 3. The maximum absolute atomic E-state index is 13.4. The Morgan fingerprint density at radius 1 is 1.22 bits per heavy atom. The molecule has 41 heavy (non-hydrogen) atoms. The summed E-state index contributed by atoms with van der Waals surface area (Å²) in [5, 5.41) is 22.1. The molecule has 2 aliphatic rings. The van der Waals surface area contributed by atoms with Crippen molar-refractivity contribution in [2.75, 3.05) is 20.3 Å². The van der Waals surface area contributed by atoms with Crippen molar-refractivity contribution in [3.05, 3.63) is 47.8 Å². The molecule has 2 aromatic carbocycles. The van der Waals surface area contributed by atoms with Crippen LogP contribution in [0.1, 0.15) is 34.8 Å². The highest BCUT2D eigenvalue weighted by Crippen LogP contribution is 2.41. The number of nitriles is 1. The SMILES string of the molecule is COc1cc(-c2c3c(C#N)cc(-c4cnn(C5CCOC5)c4)cc3nn2C)cc(OC(F)F)c1C(=O)N[C@@H]1C[C@@H]1F. The van der Waals surface area contributed by atoms with Gasteiger partial charge in [-0.2, -0.15) is 24.2 Å². The van der Waals surface area contributed by atoms with Gasteiger partial charge >= 0.3 is 6.61 Å². The number of ether oxygens (including phenoxy) is 3. The van der Waals surface area contributed by atoms with Crippen LogP contribution in [0.3, 0.4) is 0 Å². The first-order valence-corrected chi connectivity index (χ1v) is 12.9. The van der Waals surface area contributed by atoms with Gasteiger partial charge in [0.15, 0.2) is 0 Å². The van der Waals surface area contributed by atoms with Crippen LogP contribution >= 0.6 is 0 Å². The number of nitrogens with zero attached hydrogens (tertiary/aromatic N) is 5. The number of aromatic nitrogens is 4. The summed E-state index contributed by atoms with van der Waals surface area (Å²) in [6.45, 7) is -1.97. The van der Waals surface area contributed by atoms with Gasteiger partial charge in [-0.15, -0.1) is 0 Å². The molecular formula is C28H25F3N6O4. The number of alkyl halides is 3. The Hall–Kier alpha value is -4.57. The molecule has 1 aliphatic carbocycles. The number of carbonyl (C=O) groups is 1. The maximum Gasteiger partial charge on any atom is 0.387 e. The summed E-state index contributed by atoms with van der Waals surface area (Å²) in [4.78, 5) is 12.9. The number of nitrogens with one attached hydrogen (secondary N) is 1. The molecule has 212 valence electrons. The number of fused-ring (bicyclic) bond motifs is 1.